The third-order valence-corrected chi connectivity index (χ3v) is 2.16. The molecule has 0 bridgehead atoms. The number of rotatable bonds is 7. The van der Waals surface area contributed by atoms with E-state index < -0.39 is 4.92 Å². The van der Waals surface area contributed by atoms with Crippen molar-refractivity contribution in [2.24, 2.45) is 0 Å². The average molecular weight is 251 g/mol. The van der Waals surface area contributed by atoms with Crippen LogP contribution < -0.4 is 5.32 Å². The summed E-state index contributed by atoms with van der Waals surface area (Å²) in [6.07, 6.45) is 0. The largest absolute Gasteiger partial charge is 0.375 e. The van der Waals surface area contributed by atoms with Crippen molar-refractivity contribution in [1.82, 2.24) is 4.98 Å². The van der Waals surface area contributed by atoms with Gasteiger partial charge in [0.1, 0.15) is 11.5 Å². The van der Waals surface area contributed by atoms with Crippen molar-refractivity contribution in [3.63, 3.8) is 0 Å². The average Bonchev–Trinajstić information content (AvgIpc) is 2.27. The second-order valence-corrected chi connectivity index (χ2v) is 3.99. The molecule has 0 aliphatic rings. The van der Waals surface area contributed by atoms with Crippen LogP contribution in [0.25, 0.3) is 0 Å². The Morgan fingerprint density at radius 3 is 2.89 bits per heavy atom. The van der Waals surface area contributed by atoms with Gasteiger partial charge in [0, 0.05) is 12.6 Å². The number of nitro groups is 1. The standard InChI is InChI=1S/C12H17N3O3/c1-9(2)8-18-7-6-13-12-5-4-11(15(16)17)10(3)14-12/h4-5H,1,6-8H2,2-3H3,(H,13,14). The third kappa shape index (κ3) is 4.50. The van der Waals surface area contributed by atoms with E-state index in [9.17, 15) is 10.1 Å². The number of pyridine rings is 1. The molecule has 1 heterocycles. The fourth-order valence-electron chi connectivity index (χ4n) is 1.34. The van der Waals surface area contributed by atoms with E-state index in [0.29, 0.717) is 31.3 Å². The first-order valence-electron chi connectivity index (χ1n) is 5.58. The van der Waals surface area contributed by atoms with Crippen LogP contribution in [0.4, 0.5) is 11.5 Å². The molecular formula is C12H17N3O3. The van der Waals surface area contributed by atoms with Gasteiger partial charge in [-0.3, -0.25) is 10.1 Å². The Kier molecular flexibility index (Phi) is 5.26. The maximum atomic E-state index is 10.6. The van der Waals surface area contributed by atoms with Gasteiger partial charge < -0.3 is 10.1 Å². The summed E-state index contributed by atoms with van der Waals surface area (Å²) in [5.74, 6) is 0.608. The van der Waals surface area contributed by atoms with Crippen LogP contribution in [0, 0.1) is 17.0 Å². The Hall–Kier alpha value is -1.95. The van der Waals surface area contributed by atoms with E-state index in [1.807, 2.05) is 6.92 Å². The highest BCUT2D eigenvalue weighted by atomic mass is 16.6. The van der Waals surface area contributed by atoms with Gasteiger partial charge in [0.2, 0.25) is 0 Å². The quantitative estimate of drug-likeness (QED) is 0.348. The molecule has 0 amide bonds. The summed E-state index contributed by atoms with van der Waals surface area (Å²) in [6, 6.07) is 3.03. The van der Waals surface area contributed by atoms with Gasteiger partial charge in [-0.2, -0.15) is 0 Å². The lowest BCUT2D eigenvalue weighted by Crippen LogP contribution is -2.11. The van der Waals surface area contributed by atoms with Gasteiger partial charge in [-0.15, -0.1) is 0 Å². The molecule has 0 saturated carbocycles. The first-order valence-corrected chi connectivity index (χ1v) is 5.58. The summed E-state index contributed by atoms with van der Waals surface area (Å²) in [5.41, 5.74) is 1.39. The highest BCUT2D eigenvalue weighted by Gasteiger charge is 2.11. The van der Waals surface area contributed by atoms with Crippen LogP contribution in [-0.4, -0.2) is 29.7 Å². The number of hydrogen-bond donors (Lipinski definition) is 1. The number of nitrogens with one attached hydrogen (secondary N) is 1. The van der Waals surface area contributed by atoms with Gasteiger partial charge in [0.05, 0.1) is 18.1 Å². The molecule has 98 valence electrons. The normalized spacial score (nSPS) is 10.1. The molecule has 0 fully saturated rings. The predicted octanol–water partition coefficient (Wildman–Crippen LogP) is 2.30. The number of hydrogen-bond acceptors (Lipinski definition) is 5. The molecule has 0 unspecified atom stereocenters. The van der Waals surface area contributed by atoms with E-state index in [-0.39, 0.29) is 5.69 Å². The Morgan fingerprint density at radius 2 is 2.33 bits per heavy atom. The van der Waals surface area contributed by atoms with Crippen LogP contribution in [0.15, 0.2) is 24.3 Å². The van der Waals surface area contributed by atoms with Crippen molar-refractivity contribution in [1.29, 1.82) is 0 Å². The molecule has 0 saturated heterocycles. The lowest BCUT2D eigenvalue weighted by Gasteiger charge is -2.07. The minimum absolute atomic E-state index is 0.0269. The smallest absolute Gasteiger partial charge is 0.290 e. The lowest BCUT2D eigenvalue weighted by molar-refractivity contribution is -0.385. The maximum Gasteiger partial charge on any atom is 0.290 e. The fraction of sp³-hybridized carbons (Fsp3) is 0.417. The fourth-order valence-corrected chi connectivity index (χ4v) is 1.34. The van der Waals surface area contributed by atoms with Crippen LogP contribution in [0.5, 0.6) is 0 Å². The van der Waals surface area contributed by atoms with Crippen molar-refractivity contribution >= 4 is 11.5 Å². The molecule has 18 heavy (non-hydrogen) atoms. The Balaban J connectivity index is 2.42. The Morgan fingerprint density at radius 1 is 1.61 bits per heavy atom. The van der Waals surface area contributed by atoms with Crippen molar-refractivity contribution in [2.45, 2.75) is 13.8 Å². The van der Waals surface area contributed by atoms with Crippen LogP contribution in [-0.2, 0) is 4.74 Å². The molecule has 1 aromatic rings. The molecule has 1 rings (SSSR count). The molecular weight excluding hydrogens is 234 g/mol. The highest BCUT2D eigenvalue weighted by Crippen LogP contribution is 2.17. The molecule has 0 radical (unpaired) electrons. The SMILES string of the molecule is C=C(C)COCCNc1ccc([N+](=O)[O-])c(C)n1. The number of nitrogens with zero attached hydrogens (tertiary/aromatic N) is 2. The molecule has 6 heteroatoms. The molecule has 0 atom stereocenters. The Bertz CT molecular complexity index is 446. The zero-order valence-corrected chi connectivity index (χ0v) is 10.6. The first kappa shape index (κ1) is 14.1. The van der Waals surface area contributed by atoms with Gasteiger partial charge in [-0.05, 0) is 19.9 Å². The van der Waals surface area contributed by atoms with Crippen LogP contribution in [0.1, 0.15) is 12.6 Å². The lowest BCUT2D eigenvalue weighted by atomic mass is 10.3. The summed E-state index contributed by atoms with van der Waals surface area (Å²) in [4.78, 5) is 14.3. The molecule has 0 aromatic carbocycles. The third-order valence-electron chi connectivity index (χ3n) is 2.16. The summed E-state index contributed by atoms with van der Waals surface area (Å²) >= 11 is 0. The molecule has 0 spiro atoms. The number of anilines is 1. The first-order chi connectivity index (χ1) is 8.50. The van der Waals surface area contributed by atoms with Crippen LogP contribution in [0.3, 0.4) is 0 Å². The number of aromatic nitrogens is 1. The summed E-state index contributed by atoms with van der Waals surface area (Å²) in [7, 11) is 0. The molecule has 1 N–H and O–H groups in total. The van der Waals surface area contributed by atoms with Gasteiger partial charge in [-0.1, -0.05) is 12.2 Å². The van der Waals surface area contributed by atoms with E-state index in [1.54, 1.807) is 13.0 Å². The monoisotopic (exact) mass is 251 g/mol. The minimum atomic E-state index is -0.442. The van der Waals surface area contributed by atoms with Gasteiger partial charge in [-0.25, -0.2) is 4.98 Å². The minimum Gasteiger partial charge on any atom is -0.375 e. The van der Waals surface area contributed by atoms with Crippen LogP contribution >= 0.6 is 0 Å². The van der Waals surface area contributed by atoms with Crippen molar-refractivity contribution < 1.29 is 9.66 Å². The molecule has 6 nitrogen and oxygen atoms in total. The van der Waals surface area contributed by atoms with Crippen molar-refractivity contribution in [2.75, 3.05) is 25.1 Å². The molecule has 0 aliphatic carbocycles. The number of aryl methyl sites for hydroxylation is 1. The maximum absolute atomic E-state index is 10.6. The van der Waals surface area contributed by atoms with E-state index in [1.165, 1.54) is 6.07 Å². The van der Waals surface area contributed by atoms with Crippen molar-refractivity contribution in [3.8, 4) is 0 Å². The Labute approximate surface area is 106 Å². The highest BCUT2D eigenvalue weighted by molar-refractivity contribution is 5.44. The molecule has 1 aromatic heterocycles. The predicted molar refractivity (Wildman–Crippen MR) is 69.8 cm³/mol. The van der Waals surface area contributed by atoms with E-state index in [2.05, 4.69) is 16.9 Å². The second-order valence-electron chi connectivity index (χ2n) is 3.99. The van der Waals surface area contributed by atoms with E-state index in [4.69, 9.17) is 4.74 Å². The topological polar surface area (TPSA) is 77.3 Å². The zero-order valence-electron chi connectivity index (χ0n) is 10.6. The van der Waals surface area contributed by atoms with E-state index in [0.717, 1.165) is 5.57 Å². The summed E-state index contributed by atoms with van der Waals surface area (Å²) < 4.78 is 5.31. The van der Waals surface area contributed by atoms with Gasteiger partial charge in [0.15, 0.2) is 0 Å². The summed E-state index contributed by atoms with van der Waals surface area (Å²) in [6.45, 7) is 8.90. The molecule has 0 aliphatic heterocycles. The number of ether oxygens (including phenoxy) is 1. The van der Waals surface area contributed by atoms with Crippen molar-refractivity contribution in [3.05, 3.63) is 40.1 Å². The van der Waals surface area contributed by atoms with Crippen LogP contribution in [0.2, 0.25) is 0 Å². The van der Waals surface area contributed by atoms with E-state index >= 15 is 0 Å². The second kappa shape index (κ2) is 6.70. The van der Waals surface area contributed by atoms with Gasteiger partial charge in [0.25, 0.3) is 5.69 Å². The van der Waals surface area contributed by atoms with Gasteiger partial charge >= 0.3 is 0 Å². The zero-order chi connectivity index (χ0) is 13.5. The summed E-state index contributed by atoms with van der Waals surface area (Å²) in [5, 5.41) is 13.6.